The summed E-state index contributed by atoms with van der Waals surface area (Å²) in [6.45, 7) is 1.27. The molecule has 1 aromatic rings. The quantitative estimate of drug-likeness (QED) is 0.638. The Kier molecular flexibility index (Phi) is 4.50. The van der Waals surface area contributed by atoms with Gasteiger partial charge in [-0.05, 0) is 6.92 Å². The fraction of sp³-hybridized carbons (Fsp3) is 0.500. The Bertz CT molecular complexity index is 745. The number of hydrogen-bond acceptors (Lipinski definition) is 6. The van der Waals surface area contributed by atoms with Crippen LogP contribution < -0.4 is 16.0 Å². The van der Waals surface area contributed by atoms with E-state index < -0.39 is 38.2 Å². The lowest BCUT2D eigenvalue weighted by molar-refractivity contribution is -0.142. The molecule has 0 aliphatic rings. The van der Waals surface area contributed by atoms with E-state index in [1.165, 1.54) is 14.0 Å². The number of carbonyl (C=O) groups is 1. The second-order valence-electron chi connectivity index (χ2n) is 4.12. The molecule has 0 saturated carbocycles. The van der Waals surface area contributed by atoms with E-state index in [0.29, 0.717) is 4.57 Å². The molecule has 112 valence electrons. The molecular formula is C10H15N3O6S. The summed E-state index contributed by atoms with van der Waals surface area (Å²) < 4.78 is 32.1. The third-order valence-corrected chi connectivity index (χ3v) is 4.11. The van der Waals surface area contributed by atoms with E-state index in [2.05, 4.69) is 4.74 Å². The predicted molar refractivity (Wildman–Crippen MR) is 68.7 cm³/mol. The lowest BCUT2D eigenvalue weighted by Crippen LogP contribution is -2.45. The Hall–Kier alpha value is -1.94. The molecule has 0 bridgehead atoms. The number of nitrogens with one attached hydrogen (secondary N) is 1. The number of ether oxygens (including phenoxy) is 1. The fourth-order valence-corrected chi connectivity index (χ4v) is 2.83. The van der Waals surface area contributed by atoms with Crippen molar-refractivity contribution in [2.75, 3.05) is 7.11 Å². The second-order valence-corrected chi connectivity index (χ2v) is 5.80. The lowest BCUT2D eigenvalue weighted by atomic mass is 10.4. The number of rotatable bonds is 4. The molecule has 0 amide bonds. The number of sulfonamides is 1. The number of methoxy groups -OCH3 is 1. The molecule has 0 saturated heterocycles. The largest absolute Gasteiger partial charge is 0.468 e. The van der Waals surface area contributed by atoms with Crippen molar-refractivity contribution in [3.8, 4) is 0 Å². The first-order chi connectivity index (χ1) is 9.11. The van der Waals surface area contributed by atoms with Crippen molar-refractivity contribution >= 4 is 16.0 Å². The van der Waals surface area contributed by atoms with Crippen LogP contribution in [0.25, 0.3) is 0 Å². The van der Waals surface area contributed by atoms with Gasteiger partial charge in [0.05, 0.1) is 7.11 Å². The topological polar surface area (TPSA) is 116 Å². The Labute approximate surface area is 114 Å². The van der Waals surface area contributed by atoms with Crippen LogP contribution in [0.1, 0.15) is 6.92 Å². The minimum absolute atomic E-state index is 0.627. The van der Waals surface area contributed by atoms with Crippen molar-refractivity contribution in [3.63, 3.8) is 0 Å². The van der Waals surface area contributed by atoms with E-state index in [9.17, 15) is 22.8 Å². The first-order valence-electron chi connectivity index (χ1n) is 5.48. The molecule has 1 atom stereocenters. The SMILES string of the molecule is COC(=O)C(C)NS(=O)(=O)c1cn(C)c(=O)n(C)c1=O. The van der Waals surface area contributed by atoms with E-state index in [-0.39, 0.29) is 0 Å². The Morgan fingerprint density at radius 2 is 1.90 bits per heavy atom. The monoisotopic (exact) mass is 305 g/mol. The summed E-state index contributed by atoms with van der Waals surface area (Å²) in [5, 5.41) is 0. The number of hydrogen-bond donors (Lipinski definition) is 1. The Morgan fingerprint density at radius 1 is 1.35 bits per heavy atom. The maximum Gasteiger partial charge on any atom is 0.330 e. The van der Waals surface area contributed by atoms with Crippen LogP contribution in [0.15, 0.2) is 20.7 Å². The molecule has 1 unspecified atom stereocenters. The van der Waals surface area contributed by atoms with Gasteiger partial charge in [0.25, 0.3) is 5.56 Å². The molecule has 9 nitrogen and oxygen atoms in total. The van der Waals surface area contributed by atoms with Crippen LogP contribution in [-0.2, 0) is 33.7 Å². The van der Waals surface area contributed by atoms with E-state index in [4.69, 9.17) is 0 Å². The highest BCUT2D eigenvalue weighted by atomic mass is 32.2. The number of aryl methyl sites for hydroxylation is 1. The highest BCUT2D eigenvalue weighted by Crippen LogP contribution is 2.02. The molecule has 0 aliphatic carbocycles. The van der Waals surface area contributed by atoms with Crippen LogP contribution in [0.4, 0.5) is 0 Å². The molecule has 0 fully saturated rings. The van der Waals surface area contributed by atoms with Crippen LogP contribution in [0, 0.1) is 0 Å². The predicted octanol–water partition coefficient (Wildman–Crippen LogP) is -2.08. The van der Waals surface area contributed by atoms with Gasteiger partial charge in [0.1, 0.15) is 6.04 Å². The van der Waals surface area contributed by atoms with Gasteiger partial charge in [-0.25, -0.2) is 13.2 Å². The number of carbonyl (C=O) groups excluding carboxylic acids is 1. The highest BCUT2D eigenvalue weighted by Gasteiger charge is 2.26. The van der Waals surface area contributed by atoms with Crippen molar-refractivity contribution in [1.29, 1.82) is 0 Å². The minimum Gasteiger partial charge on any atom is -0.468 e. The molecule has 10 heteroatoms. The van der Waals surface area contributed by atoms with Crippen LogP contribution in [0.5, 0.6) is 0 Å². The number of esters is 1. The average molecular weight is 305 g/mol. The zero-order valence-electron chi connectivity index (χ0n) is 11.4. The van der Waals surface area contributed by atoms with Gasteiger partial charge < -0.3 is 9.30 Å². The zero-order chi connectivity index (χ0) is 15.7. The van der Waals surface area contributed by atoms with Crippen molar-refractivity contribution in [2.45, 2.75) is 17.9 Å². The van der Waals surface area contributed by atoms with Crippen LogP contribution >= 0.6 is 0 Å². The van der Waals surface area contributed by atoms with Crippen molar-refractivity contribution in [3.05, 3.63) is 27.0 Å². The highest BCUT2D eigenvalue weighted by molar-refractivity contribution is 7.89. The lowest BCUT2D eigenvalue weighted by Gasteiger charge is -2.12. The third-order valence-electron chi connectivity index (χ3n) is 2.59. The smallest absolute Gasteiger partial charge is 0.330 e. The standard InChI is InChI=1S/C10H15N3O6S/c1-6(9(15)19-4)11-20(17,18)7-5-12(2)10(16)13(3)8(7)14/h5-6,11H,1-4H3. The Balaban J connectivity index is 3.35. The summed E-state index contributed by atoms with van der Waals surface area (Å²) in [7, 11) is -0.671. The normalized spacial score (nSPS) is 13.0. The van der Waals surface area contributed by atoms with Crippen LogP contribution in [0.2, 0.25) is 0 Å². The Morgan fingerprint density at radius 3 is 2.40 bits per heavy atom. The molecular weight excluding hydrogens is 290 g/mol. The summed E-state index contributed by atoms with van der Waals surface area (Å²) >= 11 is 0. The van der Waals surface area contributed by atoms with Crippen molar-refractivity contribution < 1.29 is 17.9 Å². The van der Waals surface area contributed by atoms with Crippen molar-refractivity contribution in [2.24, 2.45) is 14.1 Å². The molecule has 0 aliphatic heterocycles. The zero-order valence-corrected chi connectivity index (χ0v) is 12.2. The summed E-state index contributed by atoms with van der Waals surface area (Å²) in [4.78, 5) is 33.9. The number of nitrogens with zero attached hydrogens (tertiary/aromatic N) is 2. The molecule has 1 N–H and O–H groups in total. The molecule has 0 radical (unpaired) electrons. The van der Waals surface area contributed by atoms with Gasteiger partial charge in [-0.3, -0.25) is 14.2 Å². The van der Waals surface area contributed by atoms with Gasteiger partial charge in [0.2, 0.25) is 10.0 Å². The number of aromatic nitrogens is 2. The average Bonchev–Trinajstić information content (AvgIpc) is 2.38. The molecule has 1 aromatic heterocycles. The summed E-state index contributed by atoms with van der Waals surface area (Å²) in [5.74, 6) is -0.796. The van der Waals surface area contributed by atoms with Crippen LogP contribution in [0.3, 0.4) is 0 Å². The molecule has 0 spiro atoms. The summed E-state index contributed by atoms with van der Waals surface area (Å²) in [6, 6.07) is -1.16. The van der Waals surface area contributed by atoms with E-state index in [1.807, 2.05) is 4.72 Å². The van der Waals surface area contributed by atoms with Crippen LogP contribution in [-0.4, -0.2) is 36.7 Å². The molecule has 20 heavy (non-hydrogen) atoms. The van der Waals surface area contributed by atoms with E-state index in [0.717, 1.165) is 24.9 Å². The van der Waals surface area contributed by atoms with Gasteiger partial charge in [-0.2, -0.15) is 4.72 Å². The van der Waals surface area contributed by atoms with E-state index >= 15 is 0 Å². The van der Waals surface area contributed by atoms with Gasteiger partial charge in [-0.15, -0.1) is 0 Å². The van der Waals surface area contributed by atoms with Gasteiger partial charge in [-0.1, -0.05) is 0 Å². The van der Waals surface area contributed by atoms with Gasteiger partial charge in [0, 0.05) is 20.3 Å². The maximum absolute atomic E-state index is 12.1. The second kappa shape index (κ2) is 5.59. The van der Waals surface area contributed by atoms with Gasteiger partial charge in [0.15, 0.2) is 4.90 Å². The minimum atomic E-state index is -4.25. The molecule has 0 aromatic carbocycles. The first kappa shape index (κ1) is 16.1. The van der Waals surface area contributed by atoms with E-state index in [1.54, 1.807) is 0 Å². The van der Waals surface area contributed by atoms with Crippen molar-refractivity contribution in [1.82, 2.24) is 13.9 Å². The summed E-state index contributed by atoms with van der Waals surface area (Å²) in [6.07, 6.45) is 0.900. The molecule has 1 rings (SSSR count). The maximum atomic E-state index is 12.1. The van der Waals surface area contributed by atoms with Gasteiger partial charge >= 0.3 is 11.7 Å². The fourth-order valence-electron chi connectivity index (χ4n) is 1.48. The molecule has 1 heterocycles. The first-order valence-corrected chi connectivity index (χ1v) is 6.97. The summed E-state index contributed by atoms with van der Waals surface area (Å²) in [5.41, 5.74) is -1.63. The third kappa shape index (κ3) is 2.96.